The molecule has 0 saturated heterocycles. The molecule has 124 valence electrons. The molecule has 2 aromatic heterocycles. The summed E-state index contributed by atoms with van der Waals surface area (Å²) in [5.74, 6) is 0.274. The van der Waals surface area contributed by atoms with Crippen molar-refractivity contribution in [2.24, 2.45) is 0 Å². The maximum Gasteiger partial charge on any atom is 0.266 e. The van der Waals surface area contributed by atoms with Crippen LogP contribution in [-0.2, 0) is 4.74 Å². The Hall–Kier alpha value is -1.79. The second-order valence-electron chi connectivity index (χ2n) is 5.76. The van der Waals surface area contributed by atoms with Crippen LogP contribution >= 0.6 is 11.3 Å². The highest BCUT2D eigenvalue weighted by Crippen LogP contribution is 2.28. The largest absolute Gasteiger partial charge is 0.382 e. The van der Waals surface area contributed by atoms with Gasteiger partial charge in [-0.15, -0.1) is 11.3 Å². The third-order valence-corrected chi connectivity index (χ3v) is 5.09. The Labute approximate surface area is 141 Å². The van der Waals surface area contributed by atoms with Gasteiger partial charge in [0.25, 0.3) is 5.91 Å². The number of methoxy groups -OCH3 is 1. The smallest absolute Gasteiger partial charge is 0.266 e. The van der Waals surface area contributed by atoms with Gasteiger partial charge in [0.1, 0.15) is 4.88 Å². The zero-order valence-electron chi connectivity index (χ0n) is 14.2. The number of hydrogen-bond acceptors (Lipinski definition) is 5. The summed E-state index contributed by atoms with van der Waals surface area (Å²) in [5.41, 5.74) is 1.60. The zero-order valence-corrected chi connectivity index (χ0v) is 15.1. The first-order valence-corrected chi connectivity index (χ1v) is 8.41. The lowest BCUT2D eigenvalue weighted by molar-refractivity contribution is 0.0598. The summed E-state index contributed by atoms with van der Waals surface area (Å²) >= 11 is 1.47. The van der Waals surface area contributed by atoms with Gasteiger partial charge in [-0.2, -0.15) is 0 Å². The molecule has 0 N–H and O–H groups in total. The van der Waals surface area contributed by atoms with Crippen LogP contribution in [0.4, 0.5) is 0 Å². The molecule has 6 heteroatoms. The number of rotatable bonds is 6. The number of carbonyl (C=O) groups excluding carboxylic acids is 1. The van der Waals surface area contributed by atoms with Gasteiger partial charge in [0.2, 0.25) is 0 Å². The van der Waals surface area contributed by atoms with Crippen molar-refractivity contribution in [3.63, 3.8) is 0 Å². The van der Waals surface area contributed by atoms with Crippen molar-refractivity contribution < 1.29 is 9.53 Å². The normalized spacial score (nSPS) is 12.4. The zero-order chi connectivity index (χ0) is 17.0. The molecular formula is C17H23N3O2S. The minimum absolute atomic E-state index is 0.0420. The minimum atomic E-state index is -0.224. The van der Waals surface area contributed by atoms with Crippen molar-refractivity contribution in [1.29, 1.82) is 0 Å². The second kappa shape index (κ2) is 7.66. The highest BCUT2D eigenvalue weighted by Gasteiger charge is 2.27. The van der Waals surface area contributed by atoms with E-state index in [4.69, 9.17) is 4.74 Å². The molecule has 2 heterocycles. The van der Waals surface area contributed by atoms with Gasteiger partial charge in [-0.05, 0) is 19.1 Å². The van der Waals surface area contributed by atoms with E-state index < -0.39 is 0 Å². The molecule has 0 aliphatic rings. The summed E-state index contributed by atoms with van der Waals surface area (Å²) in [7, 11) is 3.41. The number of thiazole rings is 1. The molecule has 0 bridgehead atoms. The number of carbonyl (C=O) groups is 1. The van der Waals surface area contributed by atoms with E-state index in [-0.39, 0.29) is 11.9 Å². The third kappa shape index (κ3) is 3.95. The summed E-state index contributed by atoms with van der Waals surface area (Å²) in [6, 6.07) is 5.46. The van der Waals surface area contributed by atoms with Crippen LogP contribution in [0.2, 0.25) is 0 Å². The fourth-order valence-electron chi connectivity index (χ4n) is 2.29. The van der Waals surface area contributed by atoms with Crippen LogP contribution in [0, 0.1) is 6.92 Å². The monoisotopic (exact) mass is 333 g/mol. The first kappa shape index (κ1) is 17.6. The predicted octanol–water partition coefficient (Wildman–Crippen LogP) is 3.43. The number of likely N-dealkylation sites (N-methyl/N-ethyl adjacent to an activating group) is 1. The van der Waals surface area contributed by atoms with Gasteiger partial charge >= 0.3 is 0 Å². The van der Waals surface area contributed by atoms with Crippen molar-refractivity contribution in [2.45, 2.75) is 32.7 Å². The molecule has 0 radical (unpaired) electrons. The second-order valence-corrected chi connectivity index (χ2v) is 6.79. The van der Waals surface area contributed by atoms with Crippen molar-refractivity contribution in [3.8, 4) is 0 Å². The molecule has 23 heavy (non-hydrogen) atoms. The number of pyridine rings is 1. The quantitative estimate of drug-likeness (QED) is 0.813. The number of aryl methyl sites for hydroxylation is 1. The Bertz CT molecular complexity index is 655. The van der Waals surface area contributed by atoms with Crippen LogP contribution in [0.15, 0.2) is 24.4 Å². The standard InChI is InChI=1S/C17H23N3O2S/c1-11(2)16-19-12(3)15(23-16)17(21)20(4)14(10-22-5)13-8-6-7-9-18-13/h6-9,11,14H,10H2,1-5H3. The lowest BCUT2D eigenvalue weighted by Crippen LogP contribution is -2.34. The molecule has 0 saturated carbocycles. The van der Waals surface area contributed by atoms with Crippen molar-refractivity contribution in [3.05, 3.63) is 45.7 Å². The molecule has 0 aromatic carbocycles. The molecule has 0 aliphatic heterocycles. The van der Waals surface area contributed by atoms with E-state index >= 15 is 0 Å². The van der Waals surface area contributed by atoms with Gasteiger partial charge < -0.3 is 9.64 Å². The Balaban J connectivity index is 2.29. The number of nitrogens with zero attached hydrogens (tertiary/aromatic N) is 3. The van der Waals surface area contributed by atoms with E-state index in [0.29, 0.717) is 17.4 Å². The van der Waals surface area contributed by atoms with E-state index in [1.165, 1.54) is 11.3 Å². The van der Waals surface area contributed by atoms with Gasteiger partial charge in [-0.1, -0.05) is 19.9 Å². The van der Waals surface area contributed by atoms with Crippen LogP contribution in [0.25, 0.3) is 0 Å². The number of aromatic nitrogens is 2. The Morgan fingerprint density at radius 2 is 2.13 bits per heavy atom. The molecule has 1 amide bonds. The average Bonchev–Trinajstić information content (AvgIpc) is 2.94. The molecular weight excluding hydrogens is 310 g/mol. The van der Waals surface area contributed by atoms with Crippen molar-refractivity contribution >= 4 is 17.2 Å². The fourth-order valence-corrected chi connectivity index (χ4v) is 3.34. The molecule has 5 nitrogen and oxygen atoms in total. The molecule has 2 aromatic rings. The molecule has 0 fully saturated rings. The number of amides is 1. The van der Waals surface area contributed by atoms with E-state index in [1.807, 2.05) is 25.1 Å². The highest BCUT2D eigenvalue weighted by molar-refractivity contribution is 7.13. The van der Waals surface area contributed by atoms with Gasteiger partial charge in [0.15, 0.2) is 0 Å². The van der Waals surface area contributed by atoms with Crippen LogP contribution in [0.1, 0.15) is 51.9 Å². The minimum Gasteiger partial charge on any atom is -0.382 e. The maximum absolute atomic E-state index is 12.9. The van der Waals surface area contributed by atoms with Crippen LogP contribution in [0.3, 0.4) is 0 Å². The van der Waals surface area contributed by atoms with Crippen LogP contribution < -0.4 is 0 Å². The van der Waals surface area contributed by atoms with E-state index in [0.717, 1.165) is 16.4 Å². The SMILES string of the molecule is COCC(c1ccccn1)N(C)C(=O)c1sc(C(C)C)nc1C. The topological polar surface area (TPSA) is 55.3 Å². The first-order chi connectivity index (χ1) is 11.0. The van der Waals surface area contributed by atoms with Crippen LogP contribution in [0.5, 0.6) is 0 Å². The Kier molecular flexibility index (Phi) is 5.85. The van der Waals surface area contributed by atoms with Crippen LogP contribution in [-0.4, -0.2) is 41.5 Å². The number of hydrogen-bond donors (Lipinski definition) is 0. The number of ether oxygens (including phenoxy) is 1. The molecule has 1 unspecified atom stereocenters. The fraction of sp³-hybridized carbons (Fsp3) is 0.471. The highest BCUT2D eigenvalue weighted by atomic mass is 32.1. The van der Waals surface area contributed by atoms with Gasteiger partial charge in [0.05, 0.1) is 29.0 Å². The van der Waals surface area contributed by atoms with Gasteiger partial charge in [-0.25, -0.2) is 4.98 Å². The summed E-state index contributed by atoms with van der Waals surface area (Å²) < 4.78 is 5.29. The molecule has 2 rings (SSSR count). The summed E-state index contributed by atoms with van der Waals surface area (Å²) in [4.78, 5) is 24.2. The molecule has 0 spiro atoms. The van der Waals surface area contributed by atoms with E-state index in [9.17, 15) is 4.79 Å². The first-order valence-electron chi connectivity index (χ1n) is 7.60. The average molecular weight is 333 g/mol. The van der Waals surface area contributed by atoms with Crippen molar-refractivity contribution in [1.82, 2.24) is 14.9 Å². The summed E-state index contributed by atoms with van der Waals surface area (Å²) in [5, 5.41) is 0.986. The lowest BCUT2D eigenvalue weighted by Gasteiger charge is -2.27. The Morgan fingerprint density at radius 3 is 2.65 bits per heavy atom. The molecule has 1 atom stereocenters. The predicted molar refractivity (Wildman–Crippen MR) is 91.9 cm³/mol. The maximum atomic E-state index is 12.9. The lowest BCUT2D eigenvalue weighted by atomic mass is 10.1. The van der Waals surface area contributed by atoms with Gasteiger partial charge in [-0.3, -0.25) is 9.78 Å². The third-order valence-electron chi connectivity index (χ3n) is 3.64. The van der Waals surface area contributed by atoms with E-state index in [1.54, 1.807) is 25.3 Å². The van der Waals surface area contributed by atoms with E-state index in [2.05, 4.69) is 23.8 Å². The van der Waals surface area contributed by atoms with Crippen molar-refractivity contribution in [2.75, 3.05) is 20.8 Å². The molecule has 0 aliphatic carbocycles. The summed E-state index contributed by atoms with van der Waals surface area (Å²) in [6.07, 6.45) is 1.73. The van der Waals surface area contributed by atoms with Gasteiger partial charge in [0, 0.05) is 26.3 Å². The summed E-state index contributed by atoms with van der Waals surface area (Å²) in [6.45, 7) is 6.44. The Morgan fingerprint density at radius 1 is 1.39 bits per heavy atom.